The Morgan fingerprint density at radius 2 is 2.44 bits per heavy atom. The molecule has 1 atom stereocenters. The fraction of sp³-hybridized carbons (Fsp3) is 0.556. The van der Waals surface area contributed by atoms with Crippen LogP contribution in [0.15, 0.2) is 6.33 Å². The number of amides is 2. The summed E-state index contributed by atoms with van der Waals surface area (Å²) in [7, 11) is 1.58. The number of nitrogens with one attached hydrogen (secondary N) is 2. The molecule has 5 nitrogen and oxygen atoms in total. The van der Waals surface area contributed by atoms with E-state index in [1.54, 1.807) is 13.4 Å². The SMILES string of the molecule is Cc1[nH]cnc1C(S)CCNC(=O)N(C)S. The van der Waals surface area contributed by atoms with Gasteiger partial charge in [-0.25, -0.2) is 9.78 Å². The first-order chi connectivity index (χ1) is 7.52. The molecule has 16 heavy (non-hydrogen) atoms. The molecule has 1 aromatic rings. The normalized spacial score (nSPS) is 12.2. The van der Waals surface area contributed by atoms with E-state index in [1.165, 1.54) is 4.31 Å². The van der Waals surface area contributed by atoms with Gasteiger partial charge < -0.3 is 10.3 Å². The van der Waals surface area contributed by atoms with Crippen molar-refractivity contribution in [1.82, 2.24) is 19.6 Å². The summed E-state index contributed by atoms with van der Waals surface area (Å²) in [4.78, 5) is 18.3. The number of imidazole rings is 1. The molecule has 0 spiro atoms. The fourth-order valence-electron chi connectivity index (χ4n) is 1.27. The van der Waals surface area contributed by atoms with E-state index in [9.17, 15) is 4.79 Å². The van der Waals surface area contributed by atoms with Gasteiger partial charge in [-0.05, 0) is 13.3 Å². The van der Waals surface area contributed by atoms with Gasteiger partial charge in [0.15, 0.2) is 0 Å². The van der Waals surface area contributed by atoms with Gasteiger partial charge in [0.1, 0.15) is 0 Å². The minimum atomic E-state index is -0.220. The molecule has 0 aliphatic rings. The van der Waals surface area contributed by atoms with Crippen molar-refractivity contribution in [2.24, 2.45) is 0 Å². The smallest absolute Gasteiger partial charge is 0.326 e. The molecule has 2 N–H and O–H groups in total. The van der Waals surface area contributed by atoms with Gasteiger partial charge in [0.2, 0.25) is 0 Å². The monoisotopic (exact) mass is 260 g/mol. The Balaban J connectivity index is 2.34. The number of H-pyrrole nitrogens is 1. The van der Waals surface area contributed by atoms with Crippen molar-refractivity contribution in [2.45, 2.75) is 18.6 Å². The predicted molar refractivity (Wildman–Crippen MR) is 69.8 cm³/mol. The number of hydrogen-bond acceptors (Lipinski definition) is 4. The number of aromatic amines is 1. The highest BCUT2D eigenvalue weighted by molar-refractivity contribution is 7.80. The molecule has 1 aromatic heterocycles. The molecule has 0 fully saturated rings. The number of rotatable bonds is 4. The van der Waals surface area contributed by atoms with E-state index < -0.39 is 0 Å². The standard InChI is InChI=1S/C9H16N4OS2/c1-6-8(12-5-11-6)7(15)3-4-10-9(14)13(2)16/h5,7,15-16H,3-4H2,1-2H3,(H,10,14)(H,11,12). The lowest BCUT2D eigenvalue weighted by Gasteiger charge is -2.13. The Morgan fingerprint density at radius 3 is 2.94 bits per heavy atom. The molecule has 7 heteroatoms. The van der Waals surface area contributed by atoms with Crippen LogP contribution in [0.25, 0.3) is 0 Å². The quantitative estimate of drug-likeness (QED) is 0.621. The number of aryl methyl sites for hydroxylation is 1. The van der Waals surface area contributed by atoms with Crippen molar-refractivity contribution in [3.8, 4) is 0 Å². The van der Waals surface area contributed by atoms with Gasteiger partial charge in [-0.2, -0.15) is 12.6 Å². The van der Waals surface area contributed by atoms with Gasteiger partial charge in [0.05, 0.1) is 12.0 Å². The second-order valence-electron chi connectivity index (χ2n) is 3.47. The molecular weight excluding hydrogens is 244 g/mol. The molecule has 0 saturated carbocycles. The number of aromatic nitrogens is 2. The van der Waals surface area contributed by atoms with Gasteiger partial charge >= 0.3 is 6.03 Å². The summed E-state index contributed by atoms with van der Waals surface area (Å²) in [5.41, 5.74) is 1.94. The Hall–Kier alpha value is -0.820. The largest absolute Gasteiger partial charge is 0.348 e. The summed E-state index contributed by atoms with van der Waals surface area (Å²) in [5.74, 6) is 0. The van der Waals surface area contributed by atoms with Crippen LogP contribution in [0.5, 0.6) is 0 Å². The zero-order chi connectivity index (χ0) is 12.1. The molecule has 1 heterocycles. The highest BCUT2D eigenvalue weighted by Gasteiger charge is 2.12. The Labute approximate surface area is 106 Å². The average molecular weight is 260 g/mol. The van der Waals surface area contributed by atoms with Crippen molar-refractivity contribution in [3.63, 3.8) is 0 Å². The van der Waals surface area contributed by atoms with E-state index in [0.717, 1.165) is 17.8 Å². The van der Waals surface area contributed by atoms with Crippen LogP contribution in [-0.4, -0.2) is 33.9 Å². The van der Waals surface area contributed by atoms with Gasteiger partial charge in [0.25, 0.3) is 0 Å². The molecule has 0 aromatic carbocycles. The summed E-state index contributed by atoms with van der Waals surface area (Å²) in [5, 5.41) is 2.74. The topological polar surface area (TPSA) is 61.0 Å². The maximum atomic E-state index is 11.2. The van der Waals surface area contributed by atoms with E-state index in [2.05, 4.69) is 40.7 Å². The van der Waals surface area contributed by atoms with Crippen LogP contribution < -0.4 is 5.32 Å². The Kier molecular flexibility index (Phi) is 5.01. The van der Waals surface area contributed by atoms with Crippen LogP contribution in [-0.2, 0) is 0 Å². The Morgan fingerprint density at radius 1 is 1.75 bits per heavy atom. The van der Waals surface area contributed by atoms with E-state index in [-0.39, 0.29) is 11.3 Å². The lowest BCUT2D eigenvalue weighted by atomic mass is 10.2. The number of hydrogen-bond donors (Lipinski definition) is 4. The fourth-order valence-corrected chi connectivity index (χ4v) is 1.73. The zero-order valence-corrected chi connectivity index (χ0v) is 11.1. The predicted octanol–water partition coefficient (Wildman–Crippen LogP) is 1.57. The molecule has 1 rings (SSSR count). The van der Waals surface area contributed by atoms with Gasteiger partial charge in [-0.15, -0.1) is 0 Å². The van der Waals surface area contributed by atoms with Crippen molar-refractivity contribution >= 4 is 31.5 Å². The van der Waals surface area contributed by atoms with Gasteiger partial charge in [-0.1, -0.05) is 12.8 Å². The van der Waals surface area contributed by atoms with Gasteiger partial charge in [0, 0.05) is 24.5 Å². The molecule has 90 valence electrons. The zero-order valence-electron chi connectivity index (χ0n) is 9.27. The van der Waals surface area contributed by atoms with E-state index in [1.807, 2.05) is 6.92 Å². The minimum absolute atomic E-state index is 0.0248. The van der Waals surface area contributed by atoms with Crippen LogP contribution in [0.4, 0.5) is 4.79 Å². The van der Waals surface area contributed by atoms with Crippen LogP contribution in [0.1, 0.15) is 23.1 Å². The minimum Gasteiger partial charge on any atom is -0.348 e. The first kappa shape index (κ1) is 13.2. The second kappa shape index (κ2) is 6.05. The van der Waals surface area contributed by atoms with E-state index in [4.69, 9.17) is 0 Å². The molecular formula is C9H16N4OS2. The lowest BCUT2D eigenvalue weighted by molar-refractivity contribution is 0.231. The summed E-state index contributed by atoms with van der Waals surface area (Å²) in [6, 6.07) is -0.220. The van der Waals surface area contributed by atoms with Crippen molar-refractivity contribution in [3.05, 3.63) is 17.7 Å². The average Bonchev–Trinajstić information content (AvgIpc) is 2.64. The summed E-state index contributed by atoms with van der Waals surface area (Å²) in [6.07, 6.45) is 2.37. The number of urea groups is 1. The number of carbonyl (C=O) groups is 1. The van der Waals surface area contributed by atoms with E-state index in [0.29, 0.717) is 6.54 Å². The maximum Gasteiger partial charge on any atom is 0.326 e. The van der Waals surface area contributed by atoms with Crippen molar-refractivity contribution in [1.29, 1.82) is 0 Å². The molecule has 2 amide bonds. The molecule has 0 radical (unpaired) electrons. The third kappa shape index (κ3) is 3.64. The highest BCUT2D eigenvalue weighted by Crippen LogP contribution is 2.23. The second-order valence-corrected chi connectivity index (χ2v) is 4.70. The third-order valence-corrected chi connectivity index (χ3v) is 2.86. The summed E-state index contributed by atoms with van der Waals surface area (Å²) in [6.45, 7) is 2.50. The van der Waals surface area contributed by atoms with Crippen LogP contribution in [0.3, 0.4) is 0 Å². The number of thiol groups is 2. The van der Waals surface area contributed by atoms with Crippen LogP contribution in [0, 0.1) is 6.92 Å². The third-order valence-electron chi connectivity index (χ3n) is 2.17. The number of carbonyl (C=O) groups excluding carboxylic acids is 1. The molecule has 0 bridgehead atoms. The van der Waals surface area contributed by atoms with Crippen molar-refractivity contribution in [2.75, 3.05) is 13.6 Å². The lowest BCUT2D eigenvalue weighted by Crippen LogP contribution is -2.32. The van der Waals surface area contributed by atoms with Crippen LogP contribution >= 0.6 is 25.4 Å². The Bertz CT molecular complexity index is 353. The highest BCUT2D eigenvalue weighted by atomic mass is 32.1. The maximum absolute atomic E-state index is 11.2. The molecule has 0 aliphatic carbocycles. The van der Waals surface area contributed by atoms with Crippen molar-refractivity contribution < 1.29 is 4.79 Å². The first-order valence-electron chi connectivity index (χ1n) is 4.90. The summed E-state index contributed by atoms with van der Waals surface area (Å²) < 4.78 is 1.20. The van der Waals surface area contributed by atoms with Gasteiger partial charge in [-0.3, -0.25) is 4.31 Å². The van der Waals surface area contributed by atoms with E-state index >= 15 is 0 Å². The molecule has 1 unspecified atom stereocenters. The molecule has 0 aliphatic heterocycles. The first-order valence-corrected chi connectivity index (χ1v) is 5.82. The number of nitrogens with zero attached hydrogens (tertiary/aromatic N) is 2. The van der Waals surface area contributed by atoms with Crippen LogP contribution in [0.2, 0.25) is 0 Å². The summed E-state index contributed by atoms with van der Waals surface area (Å²) >= 11 is 8.32. The molecule has 0 saturated heterocycles.